The standard InChI is InChI=1S/C22H30N2O3S/c1-5-19-10-8-9-17(4)22(19)23-21(25)16-13-18-11-14-20(15-12-18)28(26,27)24(6-2)7-3/h8-12,14-15H,5-7,13,16H2,1-4H3,(H,23,25). The number of nitrogens with zero attached hydrogens (tertiary/aromatic N) is 1. The second-order valence-electron chi connectivity index (χ2n) is 6.74. The lowest BCUT2D eigenvalue weighted by atomic mass is 10.1. The molecule has 2 rings (SSSR count). The fraction of sp³-hybridized carbons (Fsp3) is 0.409. The normalized spacial score (nSPS) is 11.6. The molecule has 0 saturated heterocycles. The van der Waals surface area contributed by atoms with E-state index in [0.29, 0.717) is 25.9 Å². The van der Waals surface area contributed by atoms with Crippen molar-refractivity contribution < 1.29 is 13.2 Å². The average molecular weight is 403 g/mol. The molecule has 0 aliphatic carbocycles. The van der Waals surface area contributed by atoms with Gasteiger partial charge in [-0.3, -0.25) is 4.79 Å². The Morgan fingerprint density at radius 3 is 2.21 bits per heavy atom. The molecule has 0 saturated carbocycles. The lowest BCUT2D eigenvalue weighted by Crippen LogP contribution is -2.30. The van der Waals surface area contributed by atoms with Crippen LogP contribution in [0.1, 0.15) is 43.9 Å². The van der Waals surface area contributed by atoms with Gasteiger partial charge in [0.1, 0.15) is 0 Å². The number of carbonyl (C=O) groups is 1. The molecule has 5 nitrogen and oxygen atoms in total. The fourth-order valence-electron chi connectivity index (χ4n) is 3.20. The van der Waals surface area contributed by atoms with Gasteiger partial charge in [-0.05, 0) is 48.6 Å². The van der Waals surface area contributed by atoms with Crippen molar-refractivity contribution in [1.29, 1.82) is 0 Å². The third-order valence-electron chi connectivity index (χ3n) is 4.91. The summed E-state index contributed by atoms with van der Waals surface area (Å²) in [5, 5.41) is 3.02. The van der Waals surface area contributed by atoms with Crippen LogP contribution in [0.15, 0.2) is 47.4 Å². The van der Waals surface area contributed by atoms with Gasteiger partial charge < -0.3 is 5.32 Å². The molecule has 0 fully saturated rings. The molecular weight excluding hydrogens is 372 g/mol. The van der Waals surface area contributed by atoms with Crippen LogP contribution in [-0.4, -0.2) is 31.7 Å². The van der Waals surface area contributed by atoms with Crippen LogP contribution in [0.5, 0.6) is 0 Å². The van der Waals surface area contributed by atoms with Crippen molar-refractivity contribution >= 4 is 21.6 Å². The number of sulfonamides is 1. The van der Waals surface area contributed by atoms with E-state index in [1.165, 1.54) is 4.31 Å². The van der Waals surface area contributed by atoms with Crippen LogP contribution in [-0.2, 0) is 27.7 Å². The second kappa shape index (κ2) is 9.85. The third-order valence-corrected chi connectivity index (χ3v) is 6.98. The van der Waals surface area contributed by atoms with Gasteiger partial charge in [0.05, 0.1) is 4.90 Å². The van der Waals surface area contributed by atoms with Crippen molar-refractivity contribution in [2.75, 3.05) is 18.4 Å². The highest BCUT2D eigenvalue weighted by atomic mass is 32.2. The molecule has 0 heterocycles. The molecule has 0 aromatic heterocycles. The van der Waals surface area contributed by atoms with Crippen molar-refractivity contribution in [2.45, 2.75) is 51.9 Å². The zero-order chi connectivity index (χ0) is 20.7. The predicted octanol–water partition coefficient (Wildman–Crippen LogP) is 4.16. The minimum absolute atomic E-state index is 0.0381. The molecule has 0 bridgehead atoms. The summed E-state index contributed by atoms with van der Waals surface area (Å²) >= 11 is 0. The lowest BCUT2D eigenvalue weighted by Gasteiger charge is -2.18. The molecule has 0 aliphatic rings. The lowest BCUT2D eigenvalue weighted by molar-refractivity contribution is -0.116. The van der Waals surface area contributed by atoms with Crippen LogP contribution < -0.4 is 5.32 Å². The first-order chi connectivity index (χ1) is 13.3. The van der Waals surface area contributed by atoms with Crippen molar-refractivity contribution in [2.24, 2.45) is 0 Å². The zero-order valence-electron chi connectivity index (χ0n) is 17.2. The second-order valence-corrected chi connectivity index (χ2v) is 8.68. The Bertz CT molecular complexity index is 902. The molecule has 0 unspecified atom stereocenters. The summed E-state index contributed by atoms with van der Waals surface area (Å²) in [7, 11) is -3.45. The zero-order valence-corrected chi connectivity index (χ0v) is 18.0. The highest BCUT2D eigenvalue weighted by Crippen LogP contribution is 2.22. The molecule has 6 heteroatoms. The van der Waals surface area contributed by atoms with E-state index in [1.54, 1.807) is 24.3 Å². The Kier molecular flexibility index (Phi) is 7.78. The Labute approximate surface area is 168 Å². The molecule has 2 aromatic rings. The average Bonchev–Trinajstić information content (AvgIpc) is 2.69. The van der Waals surface area contributed by atoms with Crippen LogP contribution in [0.4, 0.5) is 5.69 Å². The number of hydrogen-bond acceptors (Lipinski definition) is 3. The molecule has 0 atom stereocenters. The molecule has 152 valence electrons. The first kappa shape index (κ1) is 22.1. The van der Waals surface area contributed by atoms with E-state index < -0.39 is 10.0 Å². The number of benzene rings is 2. The van der Waals surface area contributed by atoms with E-state index in [1.807, 2.05) is 39.0 Å². The number of carbonyl (C=O) groups excluding carboxylic acids is 1. The number of para-hydroxylation sites is 1. The molecule has 0 radical (unpaired) electrons. The van der Waals surface area contributed by atoms with E-state index in [9.17, 15) is 13.2 Å². The van der Waals surface area contributed by atoms with Gasteiger partial charge in [-0.25, -0.2) is 8.42 Å². The highest BCUT2D eigenvalue weighted by molar-refractivity contribution is 7.89. The van der Waals surface area contributed by atoms with Gasteiger partial charge >= 0.3 is 0 Å². The molecule has 1 amide bonds. The quantitative estimate of drug-likeness (QED) is 0.685. The number of anilines is 1. The van der Waals surface area contributed by atoms with Gasteiger partial charge in [-0.1, -0.05) is 51.1 Å². The largest absolute Gasteiger partial charge is 0.326 e. The summed E-state index contributed by atoms with van der Waals surface area (Å²) in [5.41, 5.74) is 4.02. The van der Waals surface area contributed by atoms with Gasteiger partial charge in [-0.15, -0.1) is 0 Å². The first-order valence-corrected chi connectivity index (χ1v) is 11.2. The smallest absolute Gasteiger partial charge is 0.243 e. The van der Waals surface area contributed by atoms with E-state index in [2.05, 4.69) is 12.2 Å². The number of amides is 1. The van der Waals surface area contributed by atoms with Gasteiger partial charge in [0.25, 0.3) is 0 Å². The maximum atomic E-state index is 12.5. The number of aryl methyl sites for hydroxylation is 3. The maximum absolute atomic E-state index is 12.5. The van der Waals surface area contributed by atoms with Crippen LogP contribution in [0.2, 0.25) is 0 Å². The van der Waals surface area contributed by atoms with Gasteiger partial charge in [0, 0.05) is 25.2 Å². The van der Waals surface area contributed by atoms with E-state index in [0.717, 1.165) is 28.8 Å². The number of rotatable bonds is 9. The molecule has 1 N–H and O–H groups in total. The first-order valence-electron chi connectivity index (χ1n) is 9.80. The van der Waals surface area contributed by atoms with Crippen molar-refractivity contribution in [3.05, 3.63) is 59.2 Å². The van der Waals surface area contributed by atoms with E-state index in [-0.39, 0.29) is 10.8 Å². The van der Waals surface area contributed by atoms with E-state index >= 15 is 0 Å². The summed E-state index contributed by atoms with van der Waals surface area (Å²) in [4.78, 5) is 12.7. The summed E-state index contributed by atoms with van der Waals surface area (Å²) in [6.45, 7) is 8.60. The van der Waals surface area contributed by atoms with Crippen molar-refractivity contribution in [3.8, 4) is 0 Å². The molecule has 28 heavy (non-hydrogen) atoms. The number of nitrogens with one attached hydrogen (secondary N) is 1. The summed E-state index contributed by atoms with van der Waals surface area (Å²) < 4.78 is 26.5. The predicted molar refractivity (Wildman–Crippen MR) is 114 cm³/mol. The Balaban J connectivity index is 2.01. The van der Waals surface area contributed by atoms with Crippen molar-refractivity contribution in [3.63, 3.8) is 0 Å². The minimum Gasteiger partial charge on any atom is -0.326 e. The molecule has 0 aliphatic heterocycles. The Hall–Kier alpha value is -2.18. The van der Waals surface area contributed by atoms with Crippen LogP contribution in [0.3, 0.4) is 0 Å². The Morgan fingerprint density at radius 2 is 1.64 bits per heavy atom. The highest BCUT2D eigenvalue weighted by Gasteiger charge is 2.21. The van der Waals surface area contributed by atoms with E-state index in [4.69, 9.17) is 0 Å². The van der Waals surface area contributed by atoms with Gasteiger partial charge in [0.15, 0.2) is 0 Å². The minimum atomic E-state index is -3.45. The monoisotopic (exact) mass is 402 g/mol. The van der Waals surface area contributed by atoms with Gasteiger partial charge in [0.2, 0.25) is 15.9 Å². The van der Waals surface area contributed by atoms with Crippen LogP contribution >= 0.6 is 0 Å². The molecule has 2 aromatic carbocycles. The Morgan fingerprint density at radius 1 is 1.00 bits per heavy atom. The van der Waals surface area contributed by atoms with Crippen LogP contribution in [0.25, 0.3) is 0 Å². The summed E-state index contributed by atoms with van der Waals surface area (Å²) in [6, 6.07) is 12.8. The summed E-state index contributed by atoms with van der Waals surface area (Å²) in [6.07, 6.45) is 1.77. The number of hydrogen-bond donors (Lipinski definition) is 1. The third kappa shape index (κ3) is 5.20. The van der Waals surface area contributed by atoms with Crippen molar-refractivity contribution in [1.82, 2.24) is 4.31 Å². The molecular formula is C22H30N2O3S. The maximum Gasteiger partial charge on any atom is 0.243 e. The fourth-order valence-corrected chi connectivity index (χ4v) is 4.66. The summed E-state index contributed by atoms with van der Waals surface area (Å²) in [5.74, 6) is -0.0381. The topological polar surface area (TPSA) is 66.5 Å². The van der Waals surface area contributed by atoms with Gasteiger partial charge in [-0.2, -0.15) is 4.31 Å². The SMILES string of the molecule is CCc1cccc(C)c1NC(=O)CCc1ccc(S(=O)(=O)N(CC)CC)cc1. The molecule has 0 spiro atoms. The van der Waals surface area contributed by atoms with Crippen LogP contribution in [0, 0.1) is 6.92 Å².